The van der Waals surface area contributed by atoms with Crippen LogP contribution in [0.1, 0.15) is 39.5 Å². The fourth-order valence-electron chi connectivity index (χ4n) is 3.83. The van der Waals surface area contributed by atoms with Crippen molar-refractivity contribution in [2.24, 2.45) is 5.92 Å². The van der Waals surface area contributed by atoms with Crippen LogP contribution in [0.15, 0.2) is 24.3 Å². The van der Waals surface area contributed by atoms with E-state index in [1.165, 1.54) is 32.4 Å². The molecule has 0 radical (unpaired) electrons. The Hall–Kier alpha value is -2.08. The number of carbonyl (C=O) groups is 2. The number of rotatable bonds is 7. The molecule has 1 aromatic rings. The van der Waals surface area contributed by atoms with Crippen LogP contribution in [0.4, 0.5) is 5.69 Å². The highest BCUT2D eigenvalue weighted by atomic mass is 16.5. The highest BCUT2D eigenvalue weighted by Crippen LogP contribution is 2.33. The first-order valence-corrected chi connectivity index (χ1v) is 10.1. The number of likely N-dealkylation sites (tertiary alicyclic amines) is 1. The van der Waals surface area contributed by atoms with Crippen molar-refractivity contribution in [3.05, 3.63) is 24.3 Å². The van der Waals surface area contributed by atoms with Crippen LogP contribution in [0.25, 0.3) is 0 Å². The van der Waals surface area contributed by atoms with E-state index in [1.54, 1.807) is 11.8 Å². The van der Waals surface area contributed by atoms with E-state index >= 15 is 0 Å². The third-order valence-corrected chi connectivity index (χ3v) is 5.30. The maximum absolute atomic E-state index is 12.5. The number of benzene rings is 1. The largest absolute Gasteiger partial charge is 0.479 e. The molecule has 148 valence electrons. The number of carbonyl (C=O) groups excluding carboxylic acids is 2. The molecule has 0 bridgehead atoms. The number of amides is 2. The molecule has 2 unspecified atom stereocenters. The molecule has 0 saturated carbocycles. The van der Waals surface area contributed by atoms with Gasteiger partial charge >= 0.3 is 0 Å². The smallest absolute Gasteiger partial charge is 0.267 e. The van der Waals surface area contributed by atoms with E-state index in [0.717, 1.165) is 12.2 Å². The first-order chi connectivity index (χ1) is 13.0. The quantitative estimate of drug-likeness (QED) is 0.797. The molecular weight excluding hydrogens is 342 g/mol. The van der Waals surface area contributed by atoms with E-state index < -0.39 is 6.10 Å². The van der Waals surface area contributed by atoms with Gasteiger partial charge in [0.1, 0.15) is 5.75 Å². The van der Waals surface area contributed by atoms with Gasteiger partial charge in [0.05, 0.1) is 5.69 Å². The number of nitrogens with one attached hydrogen (secondary N) is 1. The van der Waals surface area contributed by atoms with Crippen molar-refractivity contribution < 1.29 is 14.3 Å². The van der Waals surface area contributed by atoms with Gasteiger partial charge in [0.2, 0.25) is 5.91 Å². The molecule has 2 amide bonds. The molecule has 2 aliphatic heterocycles. The molecule has 6 nitrogen and oxygen atoms in total. The number of hydrogen-bond donors (Lipinski definition) is 1. The minimum atomic E-state index is -0.521. The summed E-state index contributed by atoms with van der Waals surface area (Å²) in [6.07, 6.45) is 3.68. The maximum Gasteiger partial charge on any atom is 0.267 e. The minimum Gasteiger partial charge on any atom is -0.479 e. The molecule has 2 atom stereocenters. The van der Waals surface area contributed by atoms with Crippen LogP contribution in [-0.4, -0.2) is 55.5 Å². The van der Waals surface area contributed by atoms with Crippen LogP contribution >= 0.6 is 0 Å². The van der Waals surface area contributed by atoms with Gasteiger partial charge in [0, 0.05) is 26.1 Å². The van der Waals surface area contributed by atoms with Gasteiger partial charge in [-0.3, -0.25) is 9.59 Å². The second-order valence-corrected chi connectivity index (χ2v) is 7.74. The second kappa shape index (κ2) is 9.22. The Labute approximate surface area is 161 Å². The fraction of sp³-hybridized carbons (Fsp3) is 0.619. The summed E-state index contributed by atoms with van der Waals surface area (Å²) >= 11 is 0. The van der Waals surface area contributed by atoms with Crippen LogP contribution in [-0.2, 0) is 9.59 Å². The molecule has 0 aromatic heterocycles. The molecule has 0 aliphatic carbocycles. The zero-order valence-electron chi connectivity index (χ0n) is 16.4. The van der Waals surface area contributed by atoms with Gasteiger partial charge in [-0.1, -0.05) is 25.5 Å². The normalized spacial score (nSPS) is 21.3. The number of ether oxygens (including phenoxy) is 1. The van der Waals surface area contributed by atoms with E-state index in [1.807, 2.05) is 24.3 Å². The van der Waals surface area contributed by atoms with Crippen molar-refractivity contribution >= 4 is 17.5 Å². The third kappa shape index (κ3) is 5.22. The summed E-state index contributed by atoms with van der Waals surface area (Å²) in [6.45, 7) is 8.36. The van der Waals surface area contributed by atoms with E-state index in [9.17, 15) is 9.59 Å². The lowest BCUT2D eigenvalue weighted by Gasteiger charge is -2.33. The molecule has 3 rings (SSSR count). The monoisotopic (exact) mass is 373 g/mol. The highest BCUT2D eigenvalue weighted by Gasteiger charge is 2.31. The van der Waals surface area contributed by atoms with E-state index in [-0.39, 0.29) is 11.8 Å². The van der Waals surface area contributed by atoms with Crippen LogP contribution in [0.3, 0.4) is 0 Å². The first kappa shape index (κ1) is 19.7. The van der Waals surface area contributed by atoms with Crippen molar-refractivity contribution in [3.63, 3.8) is 0 Å². The lowest BCUT2D eigenvalue weighted by Crippen LogP contribution is -2.46. The van der Waals surface area contributed by atoms with Crippen LogP contribution in [0.2, 0.25) is 0 Å². The van der Waals surface area contributed by atoms with Crippen LogP contribution < -0.4 is 15.0 Å². The third-order valence-electron chi connectivity index (χ3n) is 5.30. The molecule has 0 spiro atoms. The predicted molar refractivity (Wildman–Crippen MR) is 106 cm³/mol. The maximum atomic E-state index is 12.5. The van der Waals surface area contributed by atoms with Gasteiger partial charge in [0.15, 0.2) is 6.10 Å². The molecule has 1 aromatic carbocycles. The van der Waals surface area contributed by atoms with E-state index in [2.05, 4.69) is 17.1 Å². The van der Waals surface area contributed by atoms with Gasteiger partial charge in [0.25, 0.3) is 5.91 Å². The van der Waals surface area contributed by atoms with Gasteiger partial charge in [-0.25, -0.2) is 0 Å². The molecular formula is C21H31N3O3. The molecule has 27 heavy (non-hydrogen) atoms. The van der Waals surface area contributed by atoms with Gasteiger partial charge in [-0.2, -0.15) is 0 Å². The summed E-state index contributed by atoms with van der Waals surface area (Å²) in [5, 5.41) is 3.03. The van der Waals surface area contributed by atoms with E-state index in [4.69, 9.17) is 4.74 Å². The van der Waals surface area contributed by atoms with Crippen molar-refractivity contribution in [2.45, 2.75) is 45.6 Å². The first-order valence-electron chi connectivity index (χ1n) is 10.1. The zero-order valence-corrected chi connectivity index (χ0v) is 16.4. The van der Waals surface area contributed by atoms with Gasteiger partial charge in [-0.15, -0.1) is 0 Å². The summed E-state index contributed by atoms with van der Waals surface area (Å²) < 4.78 is 5.64. The highest BCUT2D eigenvalue weighted by molar-refractivity contribution is 6.00. The molecule has 2 aliphatic rings. The Morgan fingerprint density at radius 3 is 2.78 bits per heavy atom. The van der Waals surface area contributed by atoms with Crippen molar-refractivity contribution in [3.8, 4) is 5.75 Å². The minimum absolute atomic E-state index is 0.00933. The Balaban J connectivity index is 1.45. The van der Waals surface area contributed by atoms with Crippen molar-refractivity contribution in [1.29, 1.82) is 0 Å². The lowest BCUT2D eigenvalue weighted by atomic mass is 10.1. The molecule has 1 N–H and O–H groups in total. The molecule has 1 fully saturated rings. The molecule has 6 heteroatoms. The van der Waals surface area contributed by atoms with E-state index in [0.29, 0.717) is 31.2 Å². The standard InChI is InChI=1S/C21H31N3O3/c1-16(15-23-11-6-3-7-12-23)14-22-20(25)10-13-24-18-8-4-5-9-19(18)27-17(2)21(24)26/h4-5,8-9,16-17H,3,6-7,10-15H2,1-2H3,(H,22,25). The predicted octanol–water partition coefficient (Wildman–Crippen LogP) is 2.43. The molecule has 2 heterocycles. The molecule has 1 saturated heterocycles. The summed E-state index contributed by atoms with van der Waals surface area (Å²) in [5.74, 6) is 1.02. The number of piperidine rings is 1. The fourth-order valence-corrected chi connectivity index (χ4v) is 3.83. The van der Waals surface area contributed by atoms with Crippen LogP contribution in [0, 0.1) is 5.92 Å². The summed E-state index contributed by atoms with van der Waals surface area (Å²) in [7, 11) is 0. The van der Waals surface area contributed by atoms with Gasteiger partial charge in [-0.05, 0) is 50.9 Å². The number of hydrogen-bond acceptors (Lipinski definition) is 4. The topological polar surface area (TPSA) is 61.9 Å². The zero-order chi connectivity index (χ0) is 19.2. The average Bonchev–Trinajstić information content (AvgIpc) is 2.67. The Morgan fingerprint density at radius 2 is 2.00 bits per heavy atom. The Morgan fingerprint density at radius 1 is 1.26 bits per heavy atom. The number of anilines is 1. The Kier molecular flexibility index (Phi) is 6.72. The summed E-state index contributed by atoms with van der Waals surface area (Å²) in [4.78, 5) is 28.9. The average molecular weight is 373 g/mol. The summed E-state index contributed by atoms with van der Waals surface area (Å²) in [6, 6.07) is 7.47. The van der Waals surface area contributed by atoms with Crippen molar-refractivity contribution in [2.75, 3.05) is 37.6 Å². The Bertz CT molecular complexity index is 658. The van der Waals surface area contributed by atoms with Crippen molar-refractivity contribution in [1.82, 2.24) is 10.2 Å². The summed E-state index contributed by atoms with van der Waals surface area (Å²) in [5.41, 5.74) is 0.742. The number of para-hydroxylation sites is 2. The second-order valence-electron chi connectivity index (χ2n) is 7.74. The van der Waals surface area contributed by atoms with Gasteiger partial charge < -0.3 is 19.9 Å². The van der Waals surface area contributed by atoms with Crippen LogP contribution in [0.5, 0.6) is 5.75 Å². The number of nitrogens with zero attached hydrogens (tertiary/aromatic N) is 2. The SMILES string of the molecule is CC(CNC(=O)CCN1C(=O)C(C)Oc2ccccc21)CN1CCCCC1. The number of fused-ring (bicyclic) bond motifs is 1. The lowest BCUT2D eigenvalue weighted by molar-refractivity contribution is -0.125.